The first-order valence-corrected chi connectivity index (χ1v) is 7.14. The average molecular weight is 283 g/mol. The van der Waals surface area contributed by atoms with Gasteiger partial charge in [0.2, 0.25) is 5.91 Å². The maximum atomic E-state index is 11.9. The van der Waals surface area contributed by atoms with E-state index in [2.05, 4.69) is 5.32 Å². The van der Waals surface area contributed by atoms with Crippen LogP contribution < -0.4 is 5.32 Å². The fraction of sp³-hybridized carbons (Fsp3) is 0.769. The summed E-state index contributed by atoms with van der Waals surface area (Å²) < 4.78 is 0. The Morgan fingerprint density at radius 3 is 2.40 bits per heavy atom. The second-order valence-electron chi connectivity index (χ2n) is 5.29. The molecule has 7 heteroatoms. The molecule has 2 heterocycles. The van der Waals surface area contributed by atoms with Crippen LogP contribution in [-0.2, 0) is 9.59 Å². The zero-order valence-electron chi connectivity index (χ0n) is 11.5. The normalized spacial score (nSPS) is 22.7. The van der Waals surface area contributed by atoms with Crippen LogP contribution in [0.25, 0.3) is 0 Å². The number of rotatable bonds is 3. The molecule has 0 aliphatic carbocycles. The third-order valence-corrected chi connectivity index (χ3v) is 3.90. The first-order valence-electron chi connectivity index (χ1n) is 7.14. The molecule has 2 rings (SSSR count). The Kier molecular flexibility index (Phi) is 4.81. The monoisotopic (exact) mass is 283 g/mol. The van der Waals surface area contributed by atoms with Crippen LogP contribution in [0.2, 0.25) is 0 Å². The molecule has 0 aromatic heterocycles. The van der Waals surface area contributed by atoms with Gasteiger partial charge in [0, 0.05) is 19.6 Å². The van der Waals surface area contributed by atoms with Crippen molar-refractivity contribution in [2.24, 2.45) is 0 Å². The number of amides is 3. The smallest absolute Gasteiger partial charge is 0.326 e. The minimum absolute atomic E-state index is 0.0539. The highest BCUT2D eigenvalue weighted by molar-refractivity contribution is 5.87. The number of carboxylic acids is 1. The minimum Gasteiger partial charge on any atom is -0.480 e. The first-order chi connectivity index (χ1) is 9.59. The molecule has 2 aliphatic rings. The molecular weight excluding hydrogens is 262 g/mol. The highest BCUT2D eigenvalue weighted by atomic mass is 16.4. The van der Waals surface area contributed by atoms with Gasteiger partial charge in [0.05, 0.1) is 6.54 Å². The van der Waals surface area contributed by atoms with Crippen molar-refractivity contribution in [2.75, 3.05) is 26.2 Å². The number of likely N-dealkylation sites (tertiary alicyclic amines) is 2. The molecule has 7 nitrogen and oxygen atoms in total. The van der Waals surface area contributed by atoms with Crippen molar-refractivity contribution in [1.29, 1.82) is 0 Å². The predicted molar refractivity (Wildman–Crippen MR) is 71.2 cm³/mol. The lowest BCUT2D eigenvalue weighted by molar-refractivity contribution is -0.141. The fourth-order valence-electron chi connectivity index (χ4n) is 2.77. The van der Waals surface area contributed by atoms with Gasteiger partial charge >= 0.3 is 12.0 Å². The molecule has 0 aromatic carbocycles. The molecule has 3 amide bonds. The lowest BCUT2D eigenvalue weighted by atomic mass is 10.1. The van der Waals surface area contributed by atoms with Crippen LogP contribution >= 0.6 is 0 Å². The number of aliphatic carboxylic acids is 1. The SMILES string of the molecule is O=C(O)[C@H]1CCCN1C(=O)NCC(=O)N1CCCCC1. The van der Waals surface area contributed by atoms with Gasteiger partial charge in [0.15, 0.2) is 0 Å². The van der Waals surface area contributed by atoms with Crippen molar-refractivity contribution in [3.63, 3.8) is 0 Å². The summed E-state index contributed by atoms with van der Waals surface area (Å²) in [7, 11) is 0. The standard InChI is InChI=1S/C13H21N3O4/c17-11(15-6-2-1-3-7-15)9-14-13(20)16-8-4-5-10(16)12(18)19/h10H,1-9H2,(H,14,20)(H,18,19)/t10-/m1/s1. The zero-order chi connectivity index (χ0) is 14.5. The molecule has 0 saturated carbocycles. The fourth-order valence-corrected chi connectivity index (χ4v) is 2.77. The van der Waals surface area contributed by atoms with Crippen molar-refractivity contribution in [3.05, 3.63) is 0 Å². The molecule has 0 radical (unpaired) electrons. The number of carbonyl (C=O) groups is 3. The van der Waals surface area contributed by atoms with E-state index in [1.54, 1.807) is 4.90 Å². The van der Waals surface area contributed by atoms with Gasteiger partial charge in [-0.05, 0) is 32.1 Å². The second-order valence-corrected chi connectivity index (χ2v) is 5.29. The van der Waals surface area contributed by atoms with Gasteiger partial charge in [-0.25, -0.2) is 9.59 Å². The lowest BCUT2D eigenvalue weighted by Gasteiger charge is -2.27. The van der Waals surface area contributed by atoms with Crippen LogP contribution in [0.1, 0.15) is 32.1 Å². The highest BCUT2D eigenvalue weighted by Crippen LogP contribution is 2.17. The van der Waals surface area contributed by atoms with E-state index in [1.807, 2.05) is 0 Å². The van der Waals surface area contributed by atoms with E-state index in [0.29, 0.717) is 19.4 Å². The number of nitrogens with one attached hydrogen (secondary N) is 1. The van der Waals surface area contributed by atoms with E-state index in [9.17, 15) is 14.4 Å². The summed E-state index contributed by atoms with van der Waals surface area (Å²) in [5.41, 5.74) is 0. The van der Waals surface area contributed by atoms with Gasteiger partial charge in [-0.15, -0.1) is 0 Å². The van der Waals surface area contributed by atoms with Gasteiger partial charge in [0.1, 0.15) is 6.04 Å². The molecule has 2 saturated heterocycles. The summed E-state index contributed by atoms with van der Waals surface area (Å²) in [6, 6.07) is -1.22. The minimum atomic E-state index is -0.986. The quantitative estimate of drug-likeness (QED) is 0.777. The summed E-state index contributed by atoms with van der Waals surface area (Å²) in [4.78, 5) is 37.9. The molecule has 0 aromatic rings. The Labute approximate surface area is 117 Å². The van der Waals surface area contributed by atoms with Gasteiger partial charge in [-0.3, -0.25) is 4.79 Å². The summed E-state index contributed by atoms with van der Waals surface area (Å²) in [5.74, 6) is -1.08. The van der Waals surface area contributed by atoms with E-state index >= 15 is 0 Å². The van der Waals surface area contributed by atoms with E-state index in [-0.39, 0.29) is 12.5 Å². The Balaban J connectivity index is 1.79. The molecule has 20 heavy (non-hydrogen) atoms. The van der Waals surface area contributed by atoms with E-state index in [0.717, 1.165) is 32.4 Å². The topological polar surface area (TPSA) is 90.0 Å². The Hall–Kier alpha value is -1.79. The van der Waals surface area contributed by atoms with Crippen LogP contribution in [0.15, 0.2) is 0 Å². The van der Waals surface area contributed by atoms with Crippen LogP contribution in [0.5, 0.6) is 0 Å². The van der Waals surface area contributed by atoms with Gasteiger partial charge in [0.25, 0.3) is 0 Å². The van der Waals surface area contributed by atoms with Crippen molar-refractivity contribution in [1.82, 2.24) is 15.1 Å². The van der Waals surface area contributed by atoms with E-state index < -0.39 is 18.0 Å². The van der Waals surface area contributed by atoms with Crippen LogP contribution in [0.4, 0.5) is 4.79 Å². The second kappa shape index (κ2) is 6.58. The number of carboxylic acid groups (broad SMARTS) is 1. The summed E-state index contributed by atoms with van der Waals surface area (Å²) in [6.45, 7) is 1.87. The van der Waals surface area contributed by atoms with Crippen molar-refractivity contribution < 1.29 is 19.5 Å². The van der Waals surface area contributed by atoms with Crippen LogP contribution in [-0.4, -0.2) is 65.0 Å². The van der Waals surface area contributed by atoms with Crippen LogP contribution in [0, 0.1) is 0 Å². The van der Waals surface area contributed by atoms with Crippen molar-refractivity contribution >= 4 is 17.9 Å². The Morgan fingerprint density at radius 1 is 1.05 bits per heavy atom. The van der Waals surface area contributed by atoms with E-state index in [4.69, 9.17) is 5.11 Å². The Morgan fingerprint density at radius 2 is 1.75 bits per heavy atom. The highest BCUT2D eigenvalue weighted by Gasteiger charge is 2.34. The first kappa shape index (κ1) is 14.6. The molecule has 0 unspecified atom stereocenters. The molecule has 112 valence electrons. The summed E-state index contributed by atoms with van der Waals surface area (Å²) in [6.07, 6.45) is 4.32. The molecule has 2 aliphatic heterocycles. The third-order valence-electron chi connectivity index (χ3n) is 3.90. The predicted octanol–water partition coefficient (Wildman–Crippen LogP) is 0.258. The van der Waals surface area contributed by atoms with Crippen molar-refractivity contribution in [2.45, 2.75) is 38.1 Å². The number of hydrogen-bond donors (Lipinski definition) is 2. The molecular formula is C13H21N3O4. The molecule has 0 bridgehead atoms. The van der Waals surface area contributed by atoms with Gasteiger partial charge in [-0.2, -0.15) is 0 Å². The maximum Gasteiger partial charge on any atom is 0.326 e. The number of urea groups is 1. The third kappa shape index (κ3) is 3.40. The van der Waals surface area contributed by atoms with Crippen LogP contribution in [0.3, 0.4) is 0 Å². The van der Waals surface area contributed by atoms with Gasteiger partial charge < -0.3 is 20.2 Å². The maximum absolute atomic E-state index is 11.9. The number of hydrogen-bond acceptors (Lipinski definition) is 3. The summed E-state index contributed by atoms with van der Waals surface area (Å²) in [5, 5.41) is 11.6. The lowest BCUT2D eigenvalue weighted by Crippen LogP contribution is -2.49. The largest absolute Gasteiger partial charge is 0.480 e. The molecule has 1 atom stereocenters. The van der Waals surface area contributed by atoms with E-state index in [1.165, 1.54) is 4.90 Å². The zero-order valence-corrected chi connectivity index (χ0v) is 11.5. The molecule has 2 N–H and O–H groups in total. The number of carbonyl (C=O) groups excluding carboxylic acids is 2. The summed E-state index contributed by atoms with van der Waals surface area (Å²) >= 11 is 0. The number of nitrogens with zero attached hydrogens (tertiary/aromatic N) is 2. The Bertz CT molecular complexity index is 393. The molecule has 2 fully saturated rings. The molecule has 0 spiro atoms. The van der Waals surface area contributed by atoms with Crippen molar-refractivity contribution in [3.8, 4) is 0 Å². The van der Waals surface area contributed by atoms with Gasteiger partial charge in [-0.1, -0.05) is 0 Å². The number of piperidine rings is 1. The average Bonchev–Trinajstić information content (AvgIpc) is 2.95.